The maximum Gasteiger partial charge on any atom is 1.00 e. The summed E-state index contributed by atoms with van der Waals surface area (Å²) < 4.78 is 18.9. The molecule has 0 aliphatic heterocycles. The number of ether oxygens (including phenoxy) is 3. The number of carbonyl (C=O) groups is 1. The zero-order valence-electron chi connectivity index (χ0n) is 24.4. The second-order valence-electron chi connectivity index (χ2n) is 12.0. The molecule has 0 aliphatic carbocycles. The summed E-state index contributed by atoms with van der Waals surface area (Å²) in [5.41, 5.74) is 3.99. The summed E-state index contributed by atoms with van der Waals surface area (Å²) in [5.74, 6) is 1.91. The van der Waals surface area contributed by atoms with E-state index in [9.17, 15) is 4.79 Å². The van der Waals surface area contributed by atoms with Crippen molar-refractivity contribution >= 4 is 19.4 Å². The SMILES string of the molecule is Cc1cc(C)c(C(=O)Pc2c(OC(C)(C)C)cc(OC(C)(C)C)cc2OC(C)(C)C)c(C)c1C.[Li+]. The molecule has 0 aliphatic rings. The van der Waals surface area contributed by atoms with Crippen molar-refractivity contribution in [2.24, 2.45) is 0 Å². The molecule has 0 fully saturated rings. The van der Waals surface area contributed by atoms with Crippen LogP contribution in [-0.2, 0) is 0 Å². The van der Waals surface area contributed by atoms with E-state index in [0.717, 1.165) is 27.6 Å². The average molecular weight is 494 g/mol. The number of benzene rings is 2. The Hall–Kier alpha value is -1.46. The van der Waals surface area contributed by atoms with E-state index in [0.29, 0.717) is 17.2 Å². The summed E-state index contributed by atoms with van der Waals surface area (Å²) in [6.07, 6.45) is 0. The van der Waals surface area contributed by atoms with Crippen LogP contribution in [0.25, 0.3) is 0 Å². The summed E-state index contributed by atoms with van der Waals surface area (Å²) in [5, 5.41) is 0.771. The van der Waals surface area contributed by atoms with Gasteiger partial charge in [-0.05, 0) is 121 Å². The maximum atomic E-state index is 13.7. The third-order valence-corrected chi connectivity index (χ3v) is 6.34. The van der Waals surface area contributed by atoms with Crippen LogP contribution >= 0.6 is 8.58 Å². The second kappa shape index (κ2) is 11.3. The van der Waals surface area contributed by atoms with Gasteiger partial charge in [0.05, 0.1) is 5.30 Å². The molecule has 188 valence electrons. The van der Waals surface area contributed by atoms with Gasteiger partial charge in [-0.15, -0.1) is 0 Å². The van der Waals surface area contributed by atoms with E-state index in [1.165, 1.54) is 5.56 Å². The Morgan fingerprint density at radius 3 is 1.49 bits per heavy atom. The van der Waals surface area contributed by atoms with Gasteiger partial charge in [-0.3, -0.25) is 4.79 Å². The molecule has 6 heteroatoms. The van der Waals surface area contributed by atoms with Gasteiger partial charge < -0.3 is 14.2 Å². The summed E-state index contributed by atoms with van der Waals surface area (Å²) in [7, 11) is -0.149. The van der Waals surface area contributed by atoms with Gasteiger partial charge in [0, 0.05) is 17.7 Å². The molecule has 0 saturated heterocycles. The summed E-state index contributed by atoms with van der Waals surface area (Å²) in [6.45, 7) is 26.2. The minimum Gasteiger partial charge on any atom is -0.488 e. The minimum absolute atomic E-state index is 0. The first-order chi connectivity index (χ1) is 15.3. The van der Waals surface area contributed by atoms with Crippen molar-refractivity contribution in [3.05, 3.63) is 46.0 Å². The summed E-state index contributed by atoms with van der Waals surface area (Å²) in [4.78, 5) is 13.7. The van der Waals surface area contributed by atoms with Crippen LogP contribution in [0.3, 0.4) is 0 Å². The Labute approximate surface area is 226 Å². The first-order valence-corrected chi connectivity index (χ1v) is 12.9. The van der Waals surface area contributed by atoms with Gasteiger partial charge in [-0.1, -0.05) is 6.07 Å². The molecule has 0 aromatic heterocycles. The smallest absolute Gasteiger partial charge is 0.488 e. The van der Waals surface area contributed by atoms with E-state index >= 15 is 0 Å². The van der Waals surface area contributed by atoms with E-state index in [1.54, 1.807) is 0 Å². The number of carbonyl (C=O) groups excluding carboxylic acids is 1. The van der Waals surface area contributed by atoms with Gasteiger partial charge in [0.15, 0.2) is 5.52 Å². The molecular weight excluding hydrogens is 450 g/mol. The Kier molecular flexibility index (Phi) is 10.2. The fourth-order valence-electron chi connectivity index (χ4n) is 3.73. The quantitative estimate of drug-likeness (QED) is 0.436. The molecule has 4 nitrogen and oxygen atoms in total. The zero-order chi connectivity index (χ0) is 26.2. The topological polar surface area (TPSA) is 44.8 Å². The van der Waals surface area contributed by atoms with Gasteiger partial charge >= 0.3 is 18.9 Å². The Morgan fingerprint density at radius 1 is 0.657 bits per heavy atom. The summed E-state index contributed by atoms with van der Waals surface area (Å²) in [6, 6.07) is 5.88. The van der Waals surface area contributed by atoms with Crippen molar-refractivity contribution in [2.75, 3.05) is 0 Å². The molecule has 2 rings (SSSR count). The molecular formula is C29H43LiO4P+. The predicted molar refractivity (Wildman–Crippen MR) is 145 cm³/mol. The molecule has 2 aromatic carbocycles. The largest absolute Gasteiger partial charge is 1.00 e. The van der Waals surface area contributed by atoms with Crippen LogP contribution in [0.2, 0.25) is 0 Å². The third-order valence-electron chi connectivity index (χ3n) is 5.12. The van der Waals surface area contributed by atoms with Crippen LogP contribution in [0.5, 0.6) is 17.2 Å². The molecule has 0 N–H and O–H groups in total. The van der Waals surface area contributed by atoms with Crippen LogP contribution in [0.4, 0.5) is 0 Å². The van der Waals surface area contributed by atoms with Gasteiger partial charge in [0.1, 0.15) is 34.1 Å². The minimum atomic E-state index is -0.450. The van der Waals surface area contributed by atoms with Crippen LogP contribution in [0, 0.1) is 27.7 Å². The van der Waals surface area contributed by atoms with E-state index in [2.05, 4.69) is 19.9 Å². The van der Waals surface area contributed by atoms with Crippen LogP contribution < -0.4 is 38.4 Å². The molecule has 1 atom stereocenters. The van der Waals surface area contributed by atoms with Crippen LogP contribution in [0.15, 0.2) is 18.2 Å². The van der Waals surface area contributed by atoms with Gasteiger partial charge in [-0.25, -0.2) is 0 Å². The van der Waals surface area contributed by atoms with Crippen molar-refractivity contribution in [3.8, 4) is 17.2 Å². The second-order valence-corrected chi connectivity index (χ2v) is 13.2. The molecule has 0 bridgehead atoms. The van der Waals surface area contributed by atoms with Crippen molar-refractivity contribution in [1.82, 2.24) is 0 Å². The standard InChI is InChI=1S/C29H43O4P.Li/c1-17-14-18(2)24(20(4)19(17)3)26(30)34-25-22(32-28(8,9)10)15-21(31-27(5,6)7)16-23(25)33-29(11,12)13;/h14-16,34H,1-13H3;/q;+1. The van der Waals surface area contributed by atoms with Gasteiger partial charge in [-0.2, -0.15) is 0 Å². The molecule has 2 aromatic rings. The van der Waals surface area contributed by atoms with E-state index in [1.807, 2.05) is 88.3 Å². The van der Waals surface area contributed by atoms with E-state index in [-0.39, 0.29) is 38.6 Å². The molecule has 0 radical (unpaired) electrons. The molecule has 0 saturated carbocycles. The van der Waals surface area contributed by atoms with Gasteiger partial charge in [0.25, 0.3) is 0 Å². The fourth-order valence-corrected chi connectivity index (χ4v) is 4.96. The van der Waals surface area contributed by atoms with Crippen LogP contribution in [0.1, 0.15) is 94.9 Å². The molecule has 0 spiro atoms. The van der Waals surface area contributed by atoms with Crippen molar-refractivity contribution in [2.45, 2.75) is 107 Å². The van der Waals surface area contributed by atoms with Crippen molar-refractivity contribution in [3.63, 3.8) is 0 Å². The molecule has 0 heterocycles. The Bertz CT molecular complexity index is 1030. The Balaban J connectivity index is 0.00000612. The zero-order valence-corrected chi connectivity index (χ0v) is 25.4. The first kappa shape index (κ1) is 31.6. The number of aryl methyl sites for hydroxylation is 2. The first-order valence-electron chi connectivity index (χ1n) is 11.9. The molecule has 0 amide bonds. The van der Waals surface area contributed by atoms with Crippen molar-refractivity contribution < 1.29 is 37.9 Å². The number of hydrogen-bond donors (Lipinski definition) is 0. The van der Waals surface area contributed by atoms with Gasteiger partial charge in [0.2, 0.25) is 0 Å². The third kappa shape index (κ3) is 9.17. The number of hydrogen-bond acceptors (Lipinski definition) is 4. The number of rotatable bonds is 6. The normalized spacial score (nSPS) is 12.5. The van der Waals surface area contributed by atoms with E-state index in [4.69, 9.17) is 14.2 Å². The average Bonchev–Trinajstić information content (AvgIpc) is 2.58. The van der Waals surface area contributed by atoms with E-state index < -0.39 is 11.2 Å². The summed E-state index contributed by atoms with van der Waals surface area (Å²) >= 11 is 0. The van der Waals surface area contributed by atoms with Crippen LogP contribution in [-0.4, -0.2) is 22.3 Å². The Morgan fingerprint density at radius 2 is 1.09 bits per heavy atom. The maximum absolute atomic E-state index is 13.7. The fraction of sp³-hybridized carbons (Fsp3) is 0.552. The predicted octanol–water partition coefficient (Wildman–Crippen LogP) is 4.60. The molecule has 1 unspecified atom stereocenters. The van der Waals surface area contributed by atoms with Crippen molar-refractivity contribution in [1.29, 1.82) is 0 Å². The molecule has 35 heavy (non-hydrogen) atoms. The monoisotopic (exact) mass is 493 g/mol.